The standard InChI is InChI=1S/2C10H20O5.H2O/c2*1-2-12-5-6-14-9-10-15-8-7-13-4-3-11-1;/h2*1-10H2;1H2. The first kappa shape index (κ1) is 30.6. The van der Waals surface area contributed by atoms with E-state index in [9.17, 15) is 0 Å². The predicted octanol–water partition coefficient (Wildman–Crippen LogP) is -0.659. The summed E-state index contributed by atoms with van der Waals surface area (Å²) in [5.74, 6) is 0. The lowest BCUT2D eigenvalue weighted by Gasteiger charge is -2.05. The summed E-state index contributed by atoms with van der Waals surface area (Å²) in [6.07, 6.45) is 0. The van der Waals surface area contributed by atoms with Crippen molar-refractivity contribution in [1.29, 1.82) is 0 Å². The van der Waals surface area contributed by atoms with Gasteiger partial charge in [0.2, 0.25) is 0 Å². The van der Waals surface area contributed by atoms with E-state index in [0.717, 1.165) is 0 Å². The second-order valence-corrected chi connectivity index (χ2v) is 6.12. The monoisotopic (exact) mass is 458 g/mol. The summed E-state index contributed by atoms with van der Waals surface area (Å²) in [6, 6.07) is 0. The molecule has 31 heavy (non-hydrogen) atoms. The molecule has 2 heterocycles. The molecule has 0 atom stereocenters. The highest BCUT2D eigenvalue weighted by Crippen LogP contribution is 1.87. The number of hydrogen-bond acceptors (Lipinski definition) is 10. The average Bonchev–Trinajstić information content (AvgIpc) is 2.78. The third-order valence-electron chi connectivity index (χ3n) is 3.72. The van der Waals surface area contributed by atoms with E-state index in [0.29, 0.717) is 132 Å². The van der Waals surface area contributed by atoms with Crippen LogP contribution in [0.4, 0.5) is 0 Å². The normalized spacial score (nSPS) is 23.2. The molecular formula is C20H42O11. The van der Waals surface area contributed by atoms with Gasteiger partial charge in [0.1, 0.15) is 0 Å². The lowest BCUT2D eigenvalue weighted by atomic mass is 10.7. The Bertz CT molecular complexity index is 176. The number of hydrogen-bond donors (Lipinski definition) is 0. The SMILES string of the molecule is C1COCCOCCOCCOCCO1.C1COCCOCCOCCOCCO1.O. The number of rotatable bonds is 0. The molecule has 2 aliphatic heterocycles. The predicted molar refractivity (Wildman–Crippen MR) is 112 cm³/mol. The van der Waals surface area contributed by atoms with Crippen LogP contribution in [-0.4, -0.2) is 138 Å². The lowest BCUT2D eigenvalue weighted by Crippen LogP contribution is -2.12. The van der Waals surface area contributed by atoms with Crippen molar-refractivity contribution in [2.75, 3.05) is 132 Å². The van der Waals surface area contributed by atoms with E-state index in [2.05, 4.69) is 0 Å². The molecule has 0 aliphatic carbocycles. The minimum Gasteiger partial charge on any atom is -0.412 e. The van der Waals surface area contributed by atoms with Crippen molar-refractivity contribution in [3.63, 3.8) is 0 Å². The fourth-order valence-corrected chi connectivity index (χ4v) is 2.20. The Hall–Kier alpha value is -0.440. The van der Waals surface area contributed by atoms with Crippen molar-refractivity contribution in [3.05, 3.63) is 0 Å². The van der Waals surface area contributed by atoms with E-state index in [-0.39, 0.29) is 5.48 Å². The highest BCUT2D eigenvalue weighted by Gasteiger charge is 1.96. The van der Waals surface area contributed by atoms with Crippen LogP contribution in [-0.2, 0) is 47.4 Å². The van der Waals surface area contributed by atoms with Crippen molar-refractivity contribution in [2.45, 2.75) is 0 Å². The van der Waals surface area contributed by atoms with Crippen LogP contribution in [0.1, 0.15) is 0 Å². The first-order valence-electron chi connectivity index (χ1n) is 10.8. The molecule has 0 unspecified atom stereocenters. The van der Waals surface area contributed by atoms with Crippen LogP contribution < -0.4 is 0 Å². The third kappa shape index (κ3) is 25.7. The maximum absolute atomic E-state index is 5.28. The van der Waals surface area contributed by atoms with E-state index in [1.54, 1.807) is 0 Å². The summed E-state index contributed by atoms with van der Waals surface area (Å²) in [5.41, 5.74) is 0. The molecule has 0 aromatic heterocycles. The third-order valence-corrected chi connectivity index (χ3v) is 3.72. The van der Waals surface area contributed by atoms with Crippen molar-refractivity contribution in [3.8, 4) is 0 Å². The van der Waals surface area contributed by atoms with Gasteiger partial charge < -0.3 is 52.8 Å². The van der Waals surface area contributed by atoms with E-state index in [4.69, 9.17) is 47.4 Å². The average molecular weight is 459 g/mol. The molecule has 2 saturated heterocycles. The van der Waals surface area contributed by atoms with Crippen LogP contribution in [0.5, 0.6) is 0 Å². The maximum atomic E-state index is 5.28. The van der Waals surface area contributed by atoms with Gasteiger partial charge in [-0.05, 0) is 0 Å². The number of ether oxygens (including phenoxy) is 10. The summed E-state index contributed by atoms with van der Waals surface area (Å²) in [6.45, 7) is 12.2. The first-order chi connectivity index (χ1) is 15.0. The highest BCUT2D eigenvalue weighted by atomic mass is 16.6. The molecule has 0 amide bonds. The van der Waals surface area contributed by atoms with Gasteiger partial charge in [0.15, 0.2) is 0 Å². The van der Waals surface area contributed by atoms with Crippen molar-refractivity contribution < 1.29 is 52.8 Å². The Morgan fingerprint density at radius 1 is 0.161 bits per heavy atom. The molecular weight excluding hydrogens is 416 g/mol. The summed E-state index contributed by atoms with van der Waals surface area (Å²) in [7, 11) is 0. The molecule has 2 rings (SSSR count). The van der Waals surface area contributed by atoms with Gasteiger partial charge in [0.05, 0.1) is 132 Å². The first-order valence-corrected chi connectivity index (χ1v) is 10.8. The maximum Gasteiger partial charge on any atom is 0.0701 e. The quantitative estimate of drug-likeness (QED) is 0.462. The Balaban J connectivity index is 0.000000562. The molecule has 0 bridgehead atoms. The van der Waals surface area contributed by atoms with Gasteiger partial charge in [-0.1, -0.05) is 0 Å². The Kier molecular flexibility index (Phi) is 27.2. The molecule has 0 aromatic rings. The van der Waals surface area contributed by atoms with Gasteiger partial charge in [-0.15, -0.1) is 0 Å². The minimum atomic E-state index is 0. The van der Waals surface area contributed by atoms with Crippen LogP contribution in [0.15, 0.2) is 0 Å². The zero-order valence-corrected chi connectivity index (χ0v) is 18.7. The molecule has 188 valence electrons. The van der Waals surface area contributed by atoms with E-state index in [1.807, 2.05) is 0 Å². The van der Waals surface area contributed by atoms with Gasteiger partial charge in [0.25, 0.3) is 0 Å². The summed E-state index contributed by atoms with van der Waals surface area (Å²) >= 11 is 0. The van der Waals surface area contributed by atoms with Crippen molar-refractivity contribution in [2.24, 2.45) is 0 Å². The zero-order chi connectivity index (χ0) is 21.2. The molecule has 2 fully saturated rings. The van der Waals surface area contributed by atoms with Crippen LogP contribution >= 0.6 is 0 Å². The summed E-state index contributed by atoms with van der Waals surface area (Å²) in [5, 5.41) is 0. The second kappa shape index (κ2) is 27.6. The molecule has 11 heteroatoms. The summed E-state index contributed by atoms with van der Waals surface area (Å²) < 4.78 is 52.8. The van der Waals surface area contributed by atoms with Gasteiger partial charge in [-0.2, -0.15) is 0 Å². The lowest BCUT2D eigenvalue weighted by molar-refractivity contribution is 0.00206. The Labute approximate surface area is 185 Å². The van der Waals surface area contributed by atoms with E-state index in [1.165, 1.54) is 0 Å². The van der Waals surface area contributed by atoms with Crippen LogP contribution in [0, 0.1) is 0 Å². The van der Waals surface area contributed by atoms with Crippen molar-refractivity contribution in [1.82, 2.24) is 0 Å². The van der Waals surface area contributed by atoms with E-state index >= 15 is 0 Å². The Morgan fingerprint density at radius 2 is 0.226 bits per heavy atom. The van der Waals surface area contributed by atoms with E-state index < -0.39 is 0 Å². The molecule has 2 aliphatic rings. The molecule has 0 radical (unpaired) electrons. The highest BCUT2D eigenvalue weighted by molar-refractivity contribution is 4.39. The van der Waals surface area contributed by atoms with Crippen LogP contribution in [0.3, 0.4) is 0 Å². The molecule has 0 saturated carbocycles. The van der Waals surface area contributed by atoms with Gasteiger partial charge >= 0.3 is 0 Å². The minimum absolute atomic E-state index is 0. The summed E-state index contributed by atoms with van der Waals surface area (Å²) in [4.78, 5) is 0. The Morgan fingerprint density at radius 3 is 0.290 bits per heavy atom. The fraction of sp³-hybridized carbons (Fsp3) is 1.00. The van der Waals surface area contributed by atoms with Gasteiger partial charge in [-0.3, -0.25) is 0 Å². The fourth-order valence-electron chi connectivity index (χ4n) is 2.20. The smallest absolute Gasteiger partial charge is 0.0701 e. The molecule has 0 aromatic carbocycles. The zero-order valence-electron chi connectivity index (χ0n) is 18.7. The molecule has 0 spiro atoms. The molecule has 2 N–H and O–H groups in total. The second-order valence-electron chi connectivity index (χ2n) is 6.12. The van der Waals surface area contributed by atoms with Crippen LogP contribution in [0.2, 0.25) is 0 Å². The topological polar surface area (TPSA) is 124 Å². The van der Waals surface area contributed by atoms with Crippen molar-refractivity contribution >= 4 is 0 Å². The molecule has 11 nitrogen and oxygen atoms in total. The van der Waals surface area contributed by atoms with Gasteiger partial charge in [-0.25, -0.2) is 0 Å². The largest absolute Gasteiger partial charge is 0.412 e. The van der Waals surface area contributed by atoms with Crippen LogP contribution in [0.25, 0.3) is 0 Å². The van der Waals surface area contributed by atoms with Gasteiger partial charge in [0, 0.05) is 0 Å².